The fourth-order valence-corrected chi connectivity index (χ4v) is 2.26. The van der Waals surface area contributed by atoms with Crippen LogP contribution in [-0.4, -0.2) is 27.1 Å². The van der Waals surface area contributed by atoms with Gasteiger partial charge in [0.2, 0.25) is 0 Å². The lowest BCUT2D eigenvalue weighted by Gasteiger charge is -2.29. The molecule has 0 aliphatic carbocycles. The molecule has 0 bridgehead atoms. The summed E-state index contributed by atoms with van der Waals surface area (Å²) in [6.07, 6.45) is 4.83. The van der Waals surface area contributed by atoms with E-state index in [1.165, 1.54) is 0 Å². The van der Waals surface area contributed by atoms with Gasteiger partial charge in [0.1, 0.15) is 0 Å². The molecular weight excluding hydrogens is 245 g/mol. The Balaban J connectivity index is 2.55. The fraction of sp³-hybridized carbons (Fsp3) is 0.727. The standard InChI is InChI=1S/C11H19Cl2N3/c1-3-11(8-12,9-13)14-5-10-6-15-16(4-2)7-10/h6-7,14H,3-5,8-9H2,1-2H3. The number of alkyl halides is 2. The first-order valence-electron chi connectivity index (χ1n) is 5.58. The van der Waals surface area contributed by atoms with E-state index in [-0.39, 0.29) is 5.54 Å². The molecule has 0 amide bonds. The van der Waals surface area contributed by atoms with E-state index in [0.29, 0.717) is 11.8 Å². The Bertz CT molecular complexity index is 300. The van der Waals surface area contributed by atoms with Gasteiger partial charge >= 0.3 is 0 Å². The number of rotatable bonds is 7. The molecule has 0 aliphatic rings. The van der Waals surface area contributed by atoms with E-state index in [4.69, 9.17) is 23.2 Å². The van der Waals surface area contributed by atoms with Crippen LogP contribution in [0.1, 0.15) is 25.8 Å². The second kappa shape index (κ2) is 6.48. The van der Waals surface area contributed by atoms with Crippen molar-refractivity contribution in [3.05, 3.63) is 18.0 Å². The quantitative estimate of drug-likeness (QED) is 0.767. The summed E-state index contributed by atoms with van der Waals surface area (Å²) in [6, 6.07) is 0. The molecule has 0 spiro atoms. The second-order valence-corrected chi connectivity index (χ2v) is 4.49. The van der Waals surface area contributed by atoms with Crippen molar-refractivity contribution in [2.75, 3.05) is 11.8 Å². The Kier molecular flexibility index (Phi) is 5.59. The van der Waals surface area contributed by atoms with Crippen molar-refractivity contribution < 1.29 is 0 Å². The van der Waals surface area contributed by atoms with E-state index in [9.17, 15) is 0 Å². The van der Waals surface area contributed by atoms with E-state index in [1.54, 1.807) is 0 Å². The summed E-state index contributed by atoms with van der Waals surface area (Å²) in [5.41, 5.74) is 0.993. The number of nitrogens with zero attached hydrogens (tertiary/aromatic N) is 2. The van der Waals surface area contributed by atoms with Crippen LogP contribution in [0.3, 0.4) is 0 Å². The van der Waals surface area contributed by atoms with Crippen molar-refractivity contribution in [2.24, 2.45) is 0 Å². The zero-order chi connectivity index (χ0) is 12.0. The topological polar surface area (TPSA) is 29.9 Å². The molecule has 1 aromatic rings. The van der Waals surface area contributed by atoms with Crippen molar-refractivity contribution in [3.63, 3.8) is 0 Å². The van der Waals surface area contributed by atoms with Gasteiger partial charge in [-0.2, -0.15) is 5.10 Å². The van der Waals surface area contributed by atoms with Crippen LogP contribution in [0.25, 0.3) is 0 Å². The van der Waals surface area contributed by atoms with Crippen molar-refractivity contribution in [3.8, 4) is 0 Å². The van der Waals surface area contributed by atoms with Gasteiger partial charge < -0.3 is 5.32 Å². The third-order valence-electron chi connectivity index (χ3n) is 2.87. The molecule has 0 aromatic carbocycles. The minimum Gasteiger partial charge on any atom is -0.305 e. The number of halogens is 2. The van der Waals surface area contributed by atoms with E-state index in [0.717, 1.165) is 25.1 Å². The van der Waals surface area contributed by atoms with Gasteiger partial charge in [0.25, 0.3) is 0 Å². The van der Waals surface area contributed by atoms with Gasteiger partial charge in [-0.3, -0.25) is 4.68 Å². The molecule has 0 radical (unpaired) electrons. The zero-order valence-corrected chi connectivity index (χ0v) is 11.4. The summed E-state index contributed by atoms with van der Waals surface area (Å²) >= 11 is 11.9. The van der Waals surface area contributed by atoms with Gasteiger partial charge in [-0.05, 0) is 13.3 Å². The van der Waals surface area contributed by atoms with Gasteiger partial charge in [-0.15, -0.1) is 23.2 Å². The van der Waals surface area contributed by atoms with Crippen LogP contribution in [0.2, 0.25) is 0 Å². The summed E-state index contributed by atoms with van der Waals surface area (Å²) in [5.74, 6) is 1.05. The summed E-state index contributed by atoms with van der Waals surface area (Å²) < 4.78 is 1.91. The van der Waals surface area contributed by atoms with Gasteiger partial charge in [0.05, 0.1) is 6.20 Å². The highest BCUT2D eigenvalue weighted by Gasteiger charge is 2.25. The Hall–Kier alpha value is -0.250. The molecule has 1 rings (SSSR count). The summed E-state index contributed by atoms with van der Waals surface area (Å²) in [5, 5.41) is 7.64. The maximum atomic E-state index is 5.96. The number of hydrogen-bond donors (Lipinski definition) is 1. The summed E-state index contributed by atoms with van der Waals surface area (Å²) in [4.78, 5) is 0. The molecular formula is C11H19Cl2N3. The Morgan fingerprint density at radius 2 is 2.06 bits per heavy atom. The fourth-order valence-electron chi connectivity index (χ4n) is 1.40. The SMILES string of the molecule is CCn1cc(CNC(CC)(CCl)CCl)cn1. The number of aryl methyl sites for hydroxylation is 1. The van der Waals surface area contributed by atoms with Gasteiger partial charge in [0.15, 0.2) is 0 Å². The highest BCUT2D eigenvalue weighted by molar-refractivity contribution is 6.22. The third-order valence-corrected chi connectivity index (χ3v) is 3.89. The minimum absolute atomic E-state index is 0.169. The first kappa shape index (κ1) is 13.8. The minimum atomic E-state index is -0.169. The lowest BCUT2D eigenvalue weighted by molar-refractivity contribution is 0.384. The molecule has 3 nitrogen and oxygen atoms in total. The molecule has 0 fully saturated rings. The van der Waals surface area contributed by atoms with Crippen LogP contribution in [0.4, 0.5) is 0 Å². The molecule has 16 heavy (non-hydrogen) atoms. The largest absolute Gasteiger partial charge is 0.305 e. The average Bonchev–Trinajstić information content (AvgIpc) is 2.80. The van der Waals surface area contributed by atoms with Gasteiger partial charge in [0, 0.05) is 42.1 Å². The maximum Gasteiger partial charge on any atom is 0.0534 e. The first-order valence-corrected chi connectivity index (χ1v) is 6.65. The molecule has 0 unspecified atom stereocenters. The predicted molar refractivity (Wildman–Crippen MR) is 69.2 cm³/mol. The maximum absolute atomic E-state index is 5.96. The molecule has 92 valence electrons. The third kappa shape index (κ3) is 3.37. The molecule has 5 heteroatoms. The lowest BCUT2D eigenvalue weighted by atomic mass is 10.0. The molecule has 1 N–H and O–H groups in total. The summed E-state index contributed by atoms with van der Waals surface area (Å²) in [7, 11) is 0. The number of nitrogens with one attached hydrogen (secondary N) is 1. The Morgan fingerprint density at radius 1 is 1.38 bits per heavy atom. The van der Waals surface area contributed by atoms with Gasteiger partial charge in [-0.25, -0.2) is 0 Å². The van der Waals surface area contributed by atoms with Gasteiger partial charge in [-0.1, -0.05) is 6.92 Å². The van der Waals surface area contributed by atoms with Crippen LogP contribution >= 0.6 is 23.2 Å². The predicted octanol–water partition coefficient (Wildman–Crippen LogP) is 2.62. The second-order valence-electron chi connectivity index (χ2n) is 3.96. The molecule has 1 aromatic heterocycles. The Labute approximate surface area is 107 Å². The molecule has 0 saturated carbocycles. The van der Waals surface area contributed by atoms with E-state index in [2.05, 4.69) is 24.3 Å². The van der Waals surface area contributed by atoms with Crippen molar-refractivity contribution >= 4 is 23.2 Å². The molecule has 0 saturated heterocycles. The van der Waals surface area contributed by atoms with Crippen LogP contribution in [0, 0.1) is 0 Å². The van der Waals surface area contributed by atoms with Crippen molar-refractivity contribution in [1.29, 1.82) is 0 Å². The van der Waals surface area contributed by atoms with E-state index < -0.39 is 0 Å². The first-order chi connectivity index (χ1) is 7.69. The highest BCUT2D eigenvalue weighted by atomic mass is 35.5. The van der Waals surface area contributed by atoms with Crippen LogP contribution in [-0.2, 0) is 13.1 Å². The monoisotopic (exact) mass is 263 g/mol. The normalized spacial score (nSPS) is 12.0. The highest BCUT2D eigenvalue weighted by Crippen LogP contribution is 2.15. The van der Waals surface area contributed by atoms with E-state index in [1.807, 2.05) is 17.1 Å². The summed E-state index contributed by atoms with van der Waals surface area (Å²) in [6.45, 7) is 5.81. The van der Waals surface area contributed by atoms with Crippen molar-refractivity contribution in [2.45, 2.75) is 38.9 Å². The number of hydrogen-bond acceptors (Lipinski definition) is 2. The zero-order valence-electron chi connectivity index (χ0n) is 9.84. The average molecular weight is 264 g/mol. The smallest absolute Gasteiger partial charge is 0.0534 e. The van der Waals surface area contributed by atoms with Crippen LogP contribution < -0.4 is 5.32 Å². The van der Waals surface area contributed by atoms with Crippen molar-refractivity contribution in [1.82, 2.24) is 15.1 Å². The van der Waals surface area contributed by atoms with Crippen LogP contribution in [0.5, 0.6) is 0 Å². The molecule has 0 aliphatic heterocycles. The molecule has 1 heterocycles. The Morgan fingerprint density at radius 3 is 2.50 bits per heavy atom. The van der Waals surface area contributed by atoms with Crippen LogP contribution in [0.15, 0.2) is 12.4 Å². The number of aromatic nitrogens is 2. The molecule has 0 atom stereocenters. The lowest BCUT2D eigenvalue weighted by Crippen LogP contribution is -2.47. The van der Waals surface area contributed by atoms with E-state index >= 15 is 0 Å².